The second-order valence-electron chi connectivity index (χ2n) is 8.02. The second kappa shape index (κ2) is 11.5. The Labute approximate surface area is 196 Å². The zero-order chi connectivity index (χ0) is 23.9. The van der Waals surface area contributed by atoms with Gasteiger partial charge in [0.25, 0.3) is 5.56 Å². The third kappa shape index (κ3) is 5.75. The number of morpholine rings is 1. The van der Waals surface area contributed by atoms with Crippen LogP contribution >= 0.6 is 0 Å². The molecule has 3 heterocycles. The van der Waals surface area contributed by atoms with Crippen molar-refractivity contribution in [3.63, 3.8) is 0 Å². The number of nitrogens with zero attached hydrogens (tertiary/aromatic N) is 4. The molecule has 0 radical (unpaired) electrons. The third-order valence-corrected chi connectivity index (χ3v) is 5.72. The number of rotatable bonds is 10. The summed E-state index contributed by atoms with van der Waals surface area (Å²) in [5.41, 5.74) is 1.43. The predicted octanol–water partition coefficient (Wildman–Crippen LogP) is 2.91. The van der Waals surface area contributed by atoms with Crippen molar-refractivity contribution in [1.82, 2.24) is 19.4 Å². The molecular formula is C24H29F2N5O3. The Kier molecular flexibility index (Phi) is 8.15. The molecule has 1 aliphatic rings. The molecule has 34 heavy (non-hydrogen) atoms. The summed E-state index contributed by atoms with van der Waals surface area (Å²) in [5.74, 6) is -1.62. The number of aromatic nitrogens is 3. The summed E-state index contributed by atoms with van der Waals surface area (Å²) in [6, 6.07) is 7.01. The van der Waals surface area contributed by atoms with Crippen molar-refractivity contribution in [2.45, 2.75) is 19.9 Å². The summed E-state index contributed by atoms with van der Waals surface area (Å²) in [6.07, 6.45) is 0.866. The highest BCUT2D eigenvalue weighted by atomic mass is 19.2. The van der Waals surface area contributed by atoms with E-state index in [1.165, 1.54) is 10.6 Å². The van der Waals surface area contributed by atoms with Gasteiger partial charge >= 0.3 is 0 Å². The van der Waals surface area contributed by atoms with Crippen LogP contribution in [-0.4, -0.2) is 72.0 Å². The highest BCUT2D eigenvalue weighted by molar-refractivity contribution is 5.76. The normalized spacial score (nSPS) is 14.6. The van der Waals surface area contributed by atoms with E-state index in [-0.39, 0.29) is 11.4 Å². The van der Waals surface area contributed by atoms with Gasteiger partial charge in [-0.15, -0.1) is 0 Å². The SMILES string of the molecule is CCOCCn1c(=O)c(NCCCN2CCOCC2)nc2ccc(-c3ccc(F)c(F)c3)nc21. The Morgan fingerprint density at radius 3 is 2.68 bits per heavy atom. The highest BCUT2D eigenvalue weighted by Crippen LogP contribution is 2.22. The summed E-state index contributed by atoms with van der Waals surface area (Å²) < 4.78 is 39.4. The highest BCUT2D eigenvalue weighted by Gasteiger charge is 2.15. The number of hydrogen-bond donors (Lipinski definition) is 1. The van der Waals surface area contributed by atoms with Crippen LogP contribution in [0.15, 0.2) is 35.1 Å². The maximum absolute atomic E-state index is 13.7. The fraction of sp³-hybridized carbons (Fsp3) is 0.458. The first-order chi connectivity index (χ1) is 16.6. The molecule has 3 aromatic rings. The molecule has 182 valence electrons. The largest absolute Gasteiger partial charge is 0.380 e. The predicted molar refractivity (Wildman–Crippen MR) is 126 cm³/mol. The number of halogens is 2. The van der Waals surface area contributed by atoms with Gasteiger partial charge < -0.3 is 14.8 Å². The molecule has 1 aromatic carbocycles. The van der Waals surface area contributed by atoms with E-state index in [2.05, 4.69) is 20.2 Å². The summed E-state index contributed by atoms with van der Waals surface area (Å²) >= 11 is 0. The minimum absolute atomic E-state index is 0.258. The first-order valence-electron chi connectivity index (χ1n) is 11.6. The number of fused-ring (bicyclic) bond motifs is 1. The maximum Gasteiger partial charge on any atom is 0.295 e. The lowest BCUT2D eigenvalue weighted by Gasteiger charge is -2.26. The van der Waals surface area contributed by atoms with Gasteiger partial charge in [-0.1, -0.05) is 0 Å². The Bertz CT molecular complexity index is 1180. The van der Waals surface area contributed by atoms with Gasteiger partial charge in [0.2, 0.25) is 0 Å². The van der Waals surface area contributed by atoms with Crippen molar-refractivity contribution in [1.29, 1.82) is 0 Å². The molecule has 1 N–H and O–H groups in total. The van der Waals surface area contributed by atoms with Gasteiger partial charge in [0.15, 0.2) is 23.1 Å². The number of benzene rings is 1. The molecule has 0 atom stereocenters. The van der Waals surface area contributed by atoms with Crippen molar-refractivity contribution in [2.75, 3.05) is 57.9 Å². The summed E-state index contributed by atoms with van der Waals surface area (Å²) in [4.78, 5) is 24.6. The Hall–Kier alpha value is -2.95. The van der Waals surface area contributed by atoms with E-state index in [1.54, 1.807) is 12.1 Å². The van der Waals surface area contributed by atoms with Crippen molar-refractivity contribution in [2.24, 2.45) is 0 Å². The Balaban J connectivity index is 1.58. The van der Waals surface area contributed by atoms with Crippen LogP contribution in [0.4, 0.5) is 14.6 Å². The minimum Gasteiger partial charge on any atom is -0.380 e. The van der Waals surface area contributed by atoms with Gasteiger partial charge in [-0.05, 0) is 50.2 Å². The number of ether oxygens (including phenoxy) is 2. The van der Waals surface area contributed by atoms with E-state index >= 15 is 0 Å². The molecule has 0 unspecified atom stereocenters. The molecule has 10 heteroatoms. The first-order valence-corrected chi connectivity index (χ1v) is 11.6. The van der Waals surface area contributed by atoms with Crippen molar-refractivity contribution >= 4 is 17.0 Å². The van der Waals surface area contributed by atoms with E-state index in [0.717, 1.165) is 51.4 Å². The molecule has 1 aliphatic heterocycles. The lowest BCUT2D eigenvalue weighted by Crippen LogP contribution is -2.37. The molecular weight excluding hydrogens is 444 g/mol. The topological polar surface area (TPSA) is 81.5 Å². The first kappa shape index (κ1) is 24.2. The molecule has 1 saturated heterocycles. The van der Waals surface area contributed by atoms with Crippen LogP contribution in [0.5, 0.6) is 0 Å². The number of anilines is 1. The molecule has 0 spiro atoms. The van der Waals surface area contributed by atoms with Crippen LogP contribution < -0.4 is 10.9 Å². The van der Waals surface area contributed by atoms with Crippen molar-refractivity contribution in [3.8, 4) is 11.3 Å². The summed E-state index contributed by atoms with van der Waals surface area (Å²) in [5, 5.41) is 3.17. The number of pyridine rings is 1. The lowest BCUT2D eigenvalue weighted by molar-refractivity contribution is 0.0378. The fourth-order valence-corrected chi connectivity index (χ4v) is 3.89. The molecule has 0 amide bonds. The maximum atomic E-state index is 13.7. The molecule has 0 aliphatic carbocycles. The Morgan fingerprint density at radius 2 is 1.91 bits per heavy atom. The van der Waals surface area contributed by atoms with Gasteiger partial charge in [0, 0.05) is 31.8 Å². The molecule has 2 aromatic heterocycles. The van der Waals surface area contributed by atoms with Gasteiger partial charge in [-0.3, -0.25) is 14.3 Å². The van der Waals surface area contributed by atoms with E-state index in [1.807, 2.05) is 6.92 Å². The van der Waals surface area contributed by atoms with Gasteiger partial charge in [-0.2, -0.15) is 0 Å². The molecule has 8 nitrogen and oxygen atoms in total. The summed E-state index contributed by atoms with van der Waals surface area (Å²) in [7, 11) is 0. The smallest absolute Gasteiger partial charge is 0.295 e. The van der Waals surface area contributed by atoms with Crippen LogP contribution in [-0.2, 0) is 16.0 Å². The fourth-order valence-electron chi connectivity index (χ4n) is 3.89. The standard InChI is InChI=1S/C24H29F2N5O3/c1-2-33-15-12-31-23-21(7-6-20(29-23)17-4-5-18(25)19(26)16-17)28-22(24(31)32)27-8-3-9-30-10-13-34-14-11-30/h4-7,16H,2-3,8-15H2,1H3,(H,27,28). The zero-order valence-corrected chi connectivity index (χ0v) is 19.2. The molecule has 1 fully saturated rings. The van der Waals surface area contributed by atoms with E-state index in [0.29, 0.717) is 48.7 Å². The average molecular weight is 474 g/mol. The van der Waals surface area contributed by atoms with E-state index in [9.17, 15) is 13.6 Å². The van der Waals surface area contributed by atoms with Crippen LogP contribution in [0.25, 0.3) is 22.4 Å². The van der Waals surface area contributed by atoms with Crippen LogP contribution in [0.2, 0.25) is 0 Å². The third-order valence-electron chi connectivity index (χ3n) is 5.72. The number of hydrogen-bond acceptors (Lipinski definition) is 7. The van der Waals surface area contributed by atoms with Crippen LogP contribution in [0, 0.1) is 11.6 Å². The minimum atomic E-state index is -0.956. The van der Waals surface area contributed by atoms with E-state index < -0.39 is 11.6 Å². The van der Waals surface area contributed by atoms with Gasteiger partial charge in [-0.25, -0.2) is 18.7 Å². The zero-order valence-electron chi connectivity index (χ0n) is 19.2. The van der Waals surface area contributed by atoms with Gasteiger partial charge in [0.1, 0.15) is 5.52 Å². The van der Waals surface area contributed by atoms with Gasteiger partial charge in [0.05, 0.1) is 32.1 Å². The van der Waals surface area contributed by atoms with Crippen molar-refractivity contribution < 1.29 is 18.3 Å². The molecule has 0 bridgehead atoms. The van der Waals surface area contributed by atoms with Crippen LogP contribution in [0.1, 0.15) is 13.3 Å². The quantitative estimate of drug-likeness (QED) is 0.454. The molecule has 4 rings (SSSR count). The second-order valence-corrected chi connectivity index (χ2v) is 8.02. The van der Waals surface area contributed by atoms with Crippen LogP contribution in [0.3, 0.4) is 0 Å². The number of nitrogens with one attached hydrogen (secondary N) is 1. The summed E-state index contributed by atoms with van der Waals surface area (Å²) in [6.45, 7) is 7.92. The Morgan fingerprint density at radius 1 is 1.09 bits per heavy atom. The average Bonchev–Trinajstić information content (AvgIpc) is 2.86. The molecule has 0 saturated carbocycles. The monoisotopic (exact) mass is 473 g/mol. The van der Waals surface area contributed by atoms with Crippen molar-refractivity contribution in [3.05, 3.63) is 52.3 Å². The lowest BCUT2D eigenvalue weighted by atomic mass is 10.1. The van der Waals surface area contributed by atoms with E-state index in [4.69, 9.17) is 9.47 Å².